The Morgan fingerprint density at radius 3 is 2.83 bits per heavy atom. The van der Waals surface area contributed by atoms with Gasteiger partial charge in [0.15, 0.2) is 0 Å². The van der Waals surface area contributed by atoms with Gasteiger partial charge in [-0.15, -0.1) is 11.8 Å². The number of carbonyl (C=O) groups is 1. The standard InChI is InChI=1S/C8H10N2OS/c1-2-12-7-4-3-6(5-10-7)8(9)11/h3-5H,2H2,1H3,(H2,9,11). The van der Waals surface area contributed by atoms with Gasteiger partial charge in [-0.05, 0) is 17.9 Å². The van der Waals surface area contributed by atoms with Gasteiger partial charge in [-0.25, -0.2) is 4.98 Å². The van der Waals surface area contributed by atoms with E-state index >= 15 is 0 Å². The summed E-state index contributed by atoms with van der Waals surface area (Å²) < 4.78 is 0. The third-order valence-corrected chi connectivity index (χ3v) is 2.14. The van der Waals surface area contributed by atoms with Gasteiger partial charge in [0, 0.05) is 6.20 Å². The molecule has 0 fully saturated rings. The van der Waals surface area contributed by atoms with Crippen LogP contribution in [0.5, 0.6) is 0 Å². The lowest BCUT2D eigenvalue weighted by molar-refractivity contribution is 0.1000. The molecule has 0 aliphatic rings. The van der Waals surface area contributed by atoms with E-state index in [0.29, 0.717) is 5.56 Å². The summed E-state index contributed by atoms with van der Waals surface area (Å²) >= 11 is 1.63. The quantitative estimate of drug-likeness (QED) is 0.717. The maximum absolute atomic E-state index is 10.6. The third-order valence-electron chi connectivity index (χ3n) is 1.31. The maximum Gasteiger partial charge on any atom is 0.250 e. The Bertz CT molecular complexity index is 271. The second kappa shape index (κ2) is 4.11. The van der Waals surface area contributed by atoms with E-state index in [9.17, 15) is 4.79 Å². The summed E-state index contributed by atoms with van der Waals surface area (Å²) in [6.07, 6.45) is 1.50. The van der Waals surface area contributed by atoms with Gasteiger partial charge in [0.25, 0.3) is 0 Å². The van der Waals surface area contributed by atoms with E-state index in [4.69, 9.17) is 5.73 Å². The molecule has 1 amide bonds. The van der Waals surface area contributed by atoms with E-state index in [1.807, 2.05) is 6.92 Å². The van der Waals surface area contributed by atoms with Gasteiger partial charge in [-0.3, -0.25) is 4.79 Å². The zero-order chi connectivity index (χ0) is 8.97. The number of aromatic nitrogens is 1. The normalized spacial score (nSPS) is 9.75. The minimum absolute atomic E-state index is 0.435. The molecule has 64 valence electrons. The zero-order valence-electron chi connectivity index (χ0n) is 6.78. The highest BCUT2D eigenvalue weighted by atomic mass is 32.2. The molecule has 1 rings (SSSR count). The molecule has 0 saturated heterocycles. The van der Waals surface area contributed by atoms with E-state index in [1.54, 1.807) is 23.9 Å². The molecule has 0 bridgehead atoms. The Labute approximate surface area is 75.4 Å². The summed E-state index contributed by atoms with van der Waals surface area (Å²) in [5.41, 5.74) is 5.51. The molecule has 0 saturated carbocycles. The summed E-state index contributed by atoms with van der Waals surface area (Å²) in [5, 5.41) is 0.919. The van der Waals surface area contributed by atoms with Crippen molar-refractivity contribution in [2.45, 2.75) is 11.9 Å². The van der Waals surface area contributed by atoms with Crippen LogP contribution in [0.2, 0.25) is 0 Å². The number of hydrogen-bond donors (Lipinski definition) is 1. The summed E-state index contributed by atoms with van der Waals surface area (Å²) in [5.74, 6) is 0.540. The number of thioether (sulfide) groups is 1. The predicted molar refractivity (Wildman–Crippen MR) is 49.2 cm³/mol. The van der Waals surface area contributed by atoms with E-state index in [1.165, 1.54) is 6.20 Å². The van der Waals surface area contributed by atoms with Crippen LogP contribution in [0.4, 0.5) is 0 Å². The lowest BCUT2D eigenvalue weighted by Crippen LogP contribution is -2.10. The fourth-order valence-electron chi connectivity index (χ4n) is 0.759. The SMILES string of the molecule is CCSc1ccc(C(N)=O)cn1. The Balaban J connectivity index is 2.78. The van der Waals surface area contributed by atoms with Crippen molar-refractivity contribution in [3.63, 3.8) is 0 Å². The number of primary amides is 1. The van der Waals surface area contributed by atoms with Crippen molar-refractivity contribution in [3.05, 3.63) is 23.9 Å². The highest BCUT2D eigenvalue weighted by Crippen LogP contribution is 2.13. The molecule has 1 aromatic heterocycles. The summed E-state index contributed by atoms with van der Waals surface area (Å²) in [4.78, 5) is 14.7. The van der Waals surface area contributed by atoms with E-state index in [0.717, 1.165) is 10.8 Å². The van der Waals surface area contributed by atoms with Crippen molar-refractivity contribution in [3.8, 4) is 0 Å². The number of rotatable bonds is 3. The Morgan fingerprint density at radius 1 is 1.67 bits per heavy atom. The van der Waals surface area contributed by atoms with Crippen molar-refractivity contribution in [1.29, 1.82) is 0 Å². The maximum atomic E-state index is 10.6. The number of nitrogens with zero attached hydrogens (tertiary/aromatic N) is 1. The molecular formula is C8H10N2OS. The molecule has 4 heteroatoms. The number of carbonyl (C=O) groups excluding carboxylic acids is 1. The van der Waals surface area contributed by atoms with Crippen LogP contribution in [0.3, 0.4) is 0 Å². The lowest BCUT2D eigenvalue weighted by atomic mass is 10.3. The first-order valence-electron chi connectivity index (χ1n) is 3.62. The van der Waals surface area contributed by atoms with Crippen LogP contribution in [0.15, 0.2) is 23.4 Å². The Morgan fingerprint density at radius 2 is 2.42 bits per heavy atom. The molecule has 1 aromatic rings. The van der Waals surface area contributed by atoms with Crippen molar-refractivity contribution in [2.24, 2.45) is 5.73 Å². The first kappa shape index (κ1) is 9.06. The summed E-state index contributed by atoms with van der Waals surface area (Å²) in [6, 6.07) is 3.49. The molecule has 0 radical (unpaired) electrons. The van der Waals surface area contributed by atoms with Crippen LogP contribution in [-0.4, -0.2) is 16.6 Å². The molecule has 1 heterocycles. The molecule has 0 aliphatic carbocycles. The first-order valence-corrected chi connectivity index (χ1v) is 4.61. The van der Waals surface area contributed by atoms with Crippen LogP contribution >= 0.6 is 11.8 Å². The van der Waals surface area contributed by atoms with Gasteiger partial charge in [0.1, 0.15) is 0 Å². The second-order valence-electron chi connectivity index (χ2n) is 2.18. The highest BCUT2D eigenvalue weighted by molar-refractivity contribution is 7.99. The van der Waals surface area contributed by atoms with E-state index < -0.39 is 5.91 Å². The molecule has 0 atom stereocenters. The molecule has 0 unspecified atom stereocenters. The average Bonchev–Trinajstić information content (AvgIpc) is 2.06. The molecule has 2 N–H and O–H groups in total. The number of pyridine rings is 1. The molecule has 3 nitrogen and oxygen atoms in total. The van der Waals surface area contributed by atoms with Crippen LogP contribution in [0.25, 0.3) is 0 Å². The molecule has 0 aromatic carbocycles. The van der Waals surface area contributed by atoms with Gasteiger partial charge in [-0.2, -0.15) is 0 Å². The van der Waals surface area contributed by atoms with Crippen LogP contribution < -0.4 is 5.73 Å². The Hall–Kier alpha value is -1.03. The smallest absolute Gasteiger partial charge is 0.250 e. The molecule has 12 heavy (non-hydrogen) atoms. The van der Waals surface area contributed by atoms with Gasteiger partial charge in [0.2, 0.25) is 5.91 Å². The fraction of sp³-hybridized carbons (Fsp3) is 0.250. The predicted octanol–water partition coefficient (Wildman–Crippen LogP) is 1.29. The van der Waals surface area contributed by atoms with E-state index in [-0.39, 0.29) is 0 Å². The van der Waals surface area contributed by atoms with Gasteiger partial charge in [-0.1, -0.05) is 6.92 Å². The topological polar surface area (TPSA) is 56.0 Å². The van der Waals surface area contributed by atoms with Gasteiger partial charge < -0.3 is 5.73 Å². The fourth-order valence-corrected chi connectivity index (χ4v) is 1.35. The molecular weight excluding hydrogens is 172 g/mol. The number of hydrogen-bond acceptors (Lipinski definition) is 3. The molecule has 0 spiro atoms. The number of amides is 1. The molecule has 0 aliphatic heterocycles. The second-order valence-corrected chi connectivity index (χ2v) is 3.47. The lowest BCUT2D eigenvalue weighted by Gasteiger charge is -1.97. The minimum atomic E-state index is -0.435. The third kappa shape index (κ3) is 2.23. The minimum Gasteiger partial charge on any atom is -0.366 e. The van der Waals surface area contributed by atoms with Crippen LogP contribution in [-0.2, 0) is 0 Å². The first-order chi connectivity index (χ1) is 5.74. The van der Waals surface area contributed by atoms with Crippen LogP contribution in [0, 0.1) is 0 Å². The van der Waals surface area contributed by atoms with Crippen molar-refractivity contribution in [2.75, 3.05) is 5.75 Å². The van der Waals surface area contributed by atoms with Crippen molar-refractivity contribution >= 4 is 17.7 Å². The van der Waals surface area contributed by atoms with Crippen molar-refractivity contribution in [1.82, 2.24) is 4.98 Å². The largest absolute Gasteiger partial charge is 0.366 e. The highest BCUT2D eigenvalue weighted by Gasteiger charge is 1.99. The average molecular weight is 182 g/mol. The summed E-state index contributed by atoms with van der Waals surface area (Å²) in [6.45, 7) is 2.05. The number of nitrogens with two attached hydrogens (primary N) is 1. The van der Waals surface area contributed by atoms with Crippen LogP contribution in [0.1, 0.15) is 17.3 Å². The van der Waals surface area contributed by atoms with E-state index in [2.05, 4.69) is 4.98 Å². The van der Waals surface area contributed by atoms with Gasteiger partial charge >= 0.3 is 0 Å². The zero-order valence-corrected chi connectivity index (χ0v) is 7.60. The summed E-state index contributed by atoms with van der Waals surface area (Å²) in [7, 11) is 0. The Kier molecular flexibility index (Phi) is 3.10. The van der Waals surface area contributed by atoms with Gasteiger partial charge in [0.05, 0.1) is 10.6 Å². The van der Waals surface area contributed by atoms with Crippen molar-refractivity contribution < 1.29 is 4.79 Å². The monoisotopic (exact) mass is 182 g/mol.